The van der Waals surface area contributed by atoms with Gasteiger partial charge in [0.1, 0.15) is 12.0 Å². The van der Waals surface area contributed by atoms with E-state index in [9.17, 15) is 0 Å². The Hall–Kier alpha value is -1.84. The highest BCUT2D eigenvalue weighted by Gasteiger charge is 2.26. The predicted octanol–water partition coefficient (Wildman–Crippen LogP) is 3.05. The van der Waals surface area contributed by atoms with E-state index in [1.165, 1.54) is 5.56 Å². The Morgan fingerprint density at radius 2 is 1.74 bits per heavy atom. The molecule has 0 aromatic heterocycles. The standard InChI is InChI=1S/C16H17NO2/c1-18-14-9-7-13(8-10-14)16-17-15(11-19-16)12-5-3-2-4-6-12/h2-10,15-17H,11H2,1H3. The summed E-state index contributed by atoms with van der Waals surface area (Å²) in [5.74, 6) is 0.862. The lowest BCUT2D eigenvalue weighted by Crippen LogP contribution is -2.18. The zero-order valence-corrected chi connectivity index (χ0v) is 10.9. The van der Waals surface area contributed by atoms with Crippen LogP contribution in [0.4, 0.5) is 0 Å². The van der Waals surface area contributed by atoms with Crippen molar-refractivity contribution in [2.24, 2.45) is 0 Å². The summed E-state index contributed by atoms with van der Waals surface area (Å²) in [7, 11) is 1.67. The highest BCUT2D eigenvalue weighted by molar-refractivity contribution is 5.29. The first kappa shape index (κ1) is 12.2. The zero-order valence-electron chi connectivity index (χ0n) is 10.9. The van der Waals surface area contributed by atoms with Crippen LogP contribution in [0.15, 0.2) is 54.6 Å². The molecule has 98 valence electrons. The number of hydrogen-bond donors (Lipinski definition) is 1. The molecule has 0 amide bonds. The van der Waals surface area contributed by atoms with E-state index in [1.54, 1.807) is 7.11 Å². The minimum atomic E-state index is -0.0453. The second kappa shape index (κ2) is 5.43. The van der Waals surface area contributed by atoms with Crippen molar-refractivity contribution >= 4 is 0 Å². The Balaban J connectivity index is 1.71. The molecule has 0 aliphatic carbocycles. The minimum Gasteiger partial charge on any atom is -0.497 e. The molecule has 2 aromatic carbocycles. The first-order valence-electron chi connectivity index (χ1n) is 6.43. The average Bonchev–Trinajstić information content (AvgIpc) is 2.98. The van der Waals surface area contributed by atoms with Crippen molar-refractivity contribution in [1.29, 1.82) is 0 Å². The maximum atomic E-state index is 5.83. The first-order chi connectivity index (χ1) is 9.36. The molecule has 0 saturated carbocycles. The van der Waals surface area contributed by atoms with Gasteiger partial charge < -0.3 is 9.47 Å². The summed E-state index contributed by atoms with van der Waals surface area (Å²) in [6.45, 7) is 0.695. The van der Waals surface area contributed by atoms with Gasteiger partial charge in [0.05, 0.1) is 19.8 Å². The van der Waals surface area contributed by atoms with Crippen LogP contribution in [-0.4, -0.2) is 13.7 Å². The van der Waals surface area contributed by atoms with Crippen molar-refractivity contribution in [3.63, 3.8) is 0 Å². The third kappa shape index (κ3) is 2.62. The lowest BCUT2D eigenvalue weighted by Gasteiger charge is -2.13. The molecule has 1 N–H and O–H groups in total. The Morgan fingerprint density at radius 1 is 1.00 bits per heavy atom. The van der Waals surface area contributed by atoms with Crippen LogP contribution in [0, 0.1) is 0 Å². The lowest BCUT2D eigenvalue weighted by atomic mass is 10.1. The smallest absolute Gasteiger partial charge is 0.134 e. The van der Waals surface area contributed by atoms with Gasteiger partial charge in [-0.1, -0.05) is 42.5 Å². The predicted molar refractivity (Wildman–Crippen MR) is 74.0 cm³/mol. The van der Waals surface area contributed by atoms with E-state index >= 15 is 0 Å². The molecule has 0 spiro atoms. The maximum absolute atomic E-state index is 5.83. The van der Waals surface area contributed by atoms with Crippen LogP contribution in [0.25, 0.3) is 0 Å². The fraction of sp³-hybridized carbons (Fsp3) is 0.250. The molecule has 2 unspecified atom stereocenters. The fourth-order valence-corrected chi connectivity index (χ4v) is 2.32. The second-order valence-corrected chi connectivity index (χ2v) is 4.62. The number of benzene rings is 2. The van der Waals surface area contributed by atoms with Crippen LogP contribution < -0.4 is 10.1 Å². The Bertz CT molecular complexity index is 524. The molecular formula is C16H17NO2. The Labute approximate surface area is 113 Å². The lowest BCUT2D eigenvalue weighted by molar-refractivity contribution is 0.101. The van der Waals surface area contributed by atoms with Gasteiger partial charge in [-0.3, -0.25) is 5.32 Å². The highest BCUT2D eigenvalue weighted by atomic mass is 16.5. The van der Waals surface area contributed by atoms with Crippen molar-refractivity contribution in [3.8, 4) is 5.75 Å². The molecule has 1 saturated heterocycles. The van der Waals surface area contributed by atoms with Gasteiger partial charge in [0.2, 0.25) is 0 Å². The second-order valence-electron chi connectivity index (χ2n) is 4.62. The number of nitrogens with one attached hydrogen (secondary N) is 1. The summed E-state index contributed by atoms with van der Waals surface area (Å²) >= 11 is 0. The van der Waals surface area contributed by atoms with E-state index in [0.717, 1.165) is 11.3 Å². The molecular weight excluding hydrogens is 238 g/mol. The summed E-state index contributed by atoms with van der Waals surface area (Å²) in [5, 5.41) is 3.50. The first-order valence-corrected chi connectivity index (χ1v) is 6.43. The van der Waals surface area contributed by atoms with E-state index in [4.69, 9.17) is 9.47 Å². The highest BCUT2D eigenvalue weighted by Crippen LogP contribution is 2.29. The van der Waals surface area contributed by atoms with Gasteiger partial charge in [-0.15, -0.1) is 0 Å². The largest absolute Gasteiger partial charge is 0.497 e. The SMILES string of the molecule is COc1ccc(C2NC(c3ccccc3)CO2)cc1. The minimum absolute atomic E-state index is 0.0453. The van der Waals surface area contributed by atoms with Crippen LogP contribution in [0.5, 0.6) is 5.75 Å². The summed E-state index contributed by atoms with van der Waals surface area (Å²) in [6, 6.07) is 18.6. The van der Waals surface area contributed by atoms with Crippen LogP contribution in [0.3, 0.4) is 0 Å². The number of hydrogen-bond acceptors (Lipinski definition) is 3. The molecule has 1 aliphatic rings. The van der Waals surface area contributed by atoms with Crippen LogP contribution >= 0.6 is 0 Å². The van der Waals surface area contributed by atoms with Crippen molar-refractivity contribution in [2.75, 3.05) is 13.7 Å². The van der Waals surface area contributed by atoms with Gasteiger partial charge in [-0.2, -0.15) is 0 Å². The van der Waals surface area contributed by atoms with Gasteiger partial charge >= 0.3 is 0 Å². The van der Waals surface area contributed by atoms with Gasteiger partial charge in [-0.25, -0.2) is 0 Å². The van der Waals surface area contributed by atoms with Crippen molar-refractivity contribution < 1.29 is 9.47 Å². The van der Waals surface area contributed by atoms with Gasteiger partial charge in [0.15, 0.2) is 0 Å². The molecule has 3 rings (SSSR count). The molecule has 1 heterocycles. The summed E-state index contributed by atoms with van der Waals surface area (Å²) < 4.78 is 11.0. The van der Waals surface area contributed by atoms with E-state index in [-0.39, 0.29) is 12.3 Å². The Morgan fingerprint density at radius 3 is 2.42 bits per heavy atom. The van der Waals surface area contributed by atoms with Crippen molar-refractivity contribution in [3.05, 3.63) is 65.7 Å². The van der Waals surface area contributed by atoms with E-state index in [1.807, 2.05) is 30.3 Å². The van der Waals surface area contributed by atoms with E-state index in [0.29, 0.717) is 6.61 Å². The molecule has 0 bridgehead atoms. The van der Waals surface area contributed by atoms with Crippen molar-refractivity contribution in [1.82, 2.24) is 5.32 Å². The van der Waals surface area contributed by atoms with Crippen LogP contribution in [-0.2, 0) is 4.74 Å². The average molecular weight is 255 g/mol. The number of ether oxygens (including phenoxy) is 2. The third-order valence-corrected chi connectivity index (χ3v) is 3.40. The topological polar surface area (TPSA) is 30.5 Å². The Kier molecular flexibility index (Phi) is 3.49. The summed E-state index contributed by atoms with van der Waals surface area (Å²) in [5.41, 5.74) is 2.39. The zero-order chi connectivity index (χ0) is 13.1. The summed E-state index contributed by atoms with van der Waals surface area (Å²) in [6.07, 6.45) is -0.0453. The molecule has 2 atom stereocenters. The van der Waals surface area contributed by atoms with Crippen molar-refractivity contribution in [2.45, 2.75) is 12.3 Å². The molecule has 1 aliphatic heterocycles. The summed E-state index contributed by atoms with van der Waals surface area (Å²) in [4.78, 5) is 0. The van der Waals surface area contributed by atoms with Gasteiger partial charge in [0.25, 0.3) is 0 Å². The van der Waals surface area contributed by atoms with Crippen LogP contribution in [0.2, 0.25) is 0 Å². The fourth-order valence-electron chi connectivity index (χ4n) is 2.32. The van der Waals surface area contributed by atoms with Crippen LogP contribution in [0.1, 0.15) is 23.4 Å². The molecule has 3 nitrogen and oxygen atoms in total. The molecule has 3 heteroatoms. The quantitative estimate of drug-likeness (QED) is 0.914. The molecule has 19 heavy (non-hydrogen) atoms. The van der Waals surface area contributed by atoms with E-state index in [2.05, 4.69) is 29.6 Å². The number of rotatable bonds is 3. The normalized spacial score (nSPS) is 22.4. The number of methoxy groups -OCH3 is 1. The van der Waals surface area contributed by atoms with E-state index < -0.39 is 0 Å². The molecule has 0 radical (unpaired) electrons. The monoisotopic (exact) mass is 255 g/mol. The maximum Gasteiger partial charge on any atom is 0.134 e. The van der Waals surface area contributed by atoms with Gasteiger partial charge in [-0.05, 0) is 23.3 Å². The molecule has 1 fully saturated rings. The van der Waals surface area contributed by atoms with Gasteiger partial charge in [0, 0.05) is 0 Å². The third-order valence-electron chi connectivity index (χ3n) is 3.40. The molecule has 2 aromatic rings.